The molecule has 2 aromatic heterocycles. The maximum atomic E-state index is 4.90. The van der Waals surface area contributed by atoms with Crippen LogP contribution in [0.2, 0.25) is 0 Å². The Labute approximate surface area is 127 Å². The largest absolute Gasteiger partial charge is 0.365 e. The molecule has 21 heavy (non-hydrogen) atoms. The van der Waals surface area contributed by atoms with E-state index < -0.39 is 0 Å². The second-order valence-corrected chi connectivity index (χ2v) is 7.02. The van der Waals surface area contributed by atoms with Crippen molar-refractivity contribution < 1.29 is 0 Å². The Morgan fingerprint density at radius 3 is 2.81 bits per heavy atom. The molecule has 0 saturated carbocycles. The molecule has 1 aromatic carbocycles. The summed E-state index contributed by atoms with van der Waals surface area (Å²) in [5.74, 6) is 0. The first-order chi connectivity index (χ1) is 10.4. The second kappa shape index (κ2) is 4.34. The van der Waals surface area contributed by atoms with Crippen molar-refractivity contribution in [2.24, 2.45) is 0 Å². The SMILES string of the molecule is c1ccc(N2CCc3nc4sc5c(n4c3C2)CCC5)cc1. The summed E-state index contributed by atoms with van der Waals surface area (Å²) in [5, 5.41) is 0. The van der Waals surface area contributed by atoms with Crippen LogP contribution in [0.15, 0.2) is 30.3 Å². The fourth-order valence-corrected chi connectivity index (χ4v) is 4.95. The Morgan fingerprint density at radius 1 is 1.00 bits per heavy atom. The summed E-state index contributed by atoms with van der Waals surface area (Å²) in [6.07, 6.45) is 4.85. The van der Waals surface area contributed by atoms with Crippen LogP contribution in [0.1, 0.15) is 28.4 Å². The maximum Gasteiger partial charge on any atom is 0.194 e. The number of aryl methyl sites for hydroxylation is 2. The third-order valence-electron chi connectivity index (χ3n) is 4.73. The molecule has 0 bridgehead atoms. The smallest absolute Gasteiger partial charge is 0.194 e. The number of hydrogen-bond acceptors (Lipinski definition) is 3. The van der Waals surface area contributed by atoms with Gasteiger partial charge in [0.1, 0.15) is 0 Å². The molecule has 106 valence electrons. The van der Waals surface area contributed by atoms with Gasteiger partial charge in [0.2, 0.25) is 0 Å². The predicted octanol–water partition coefficient (Wildman–Crippen LogP) is 3.45. The monoisotopic (exact) mass is 295 g/mol. The molecular formula is C17H17N3S. The molecule has 0 amide bonds. The lowest BCUT2D eigenvalue weighted by Gasteiger charge is -2.28. The first-order valence-electron chi connectivity index (χ1n) is 7.71. The number of imidazole rings is 1. The number of nitrogens with zero attached hydrogens (tertiary/aromatic N) is 3. The van der Waals surface area contributed by atoms with Gasteiger partial charge in [0.15, 0.2) is 4.96 Å². The summed E-state index contributed by atoms with van der Waals surface area (Å²) in [7, 11) is 0. The first-order valence-corrected chi connectivity index (χ1v) is 8.52. The van der Waals surface area contributed by atoms with Gasteiger partial charge in [-0.3, -0.25) is 4.40 Å². The van der Waals surface area contributed by atoms with Gasteiger partial charge < -0.3 is 4.90 Å². The van der Waals surface area contributed by atoms with Crippen LogP contribution in [0.25, 0.3) is 4.96 Å². The van der Waals surface area contributed by atoms with Crippen LogP contribution < -0.4 is 4.90 Å². The normalized spacial score (nSPS) is 17.2. The number of fused-ring (bicyclic) bond motifs is 5. The molecule has 0 N–H and O–H groups in total. The van der Waals surface area contributed by atoms with E-state index in [1.807, 2.05) is 11.3 Å². The first kappa shape index (κ1) is 11.8. The minimum absolute atomic E-state index is 0.990. The number of rotatable bonds is 1. The number of benzene rings is 1. The Hall–Kier alpha value is -1.81. The van der Waals surface area contributed by atoms with Gasteiger partial charge in [-0.05, 0) is 31.4 Å². The highest BCUT2D eigenvalue weighted by Crippen LogP contribution is 2.35. The van der Waals surface area contributed by atoms with Crippen molar-refractivity contribution in [3.63, 3.8) is 0 Å². The lowest BCUT2D eigenvalue weighted by molar-refractivity contribution is 0.697. The Bertz CT molecular complexity index is 816. The lowest BCUT2D eigenvalue weighted by atomic mass is 10.1. The molecule has 2 aliphatic rings. The van der Waals surface area contributed by atoms with Crippen LogP contribution in [0.5, 0.6) is 0 Å². The van der Waals surface area contributed by atoms with Crippen LogP contribution in [-0.2, 0) is 25.8 Å². The summed E-state index contributed by atoms with van der Waals surface area (Å²) < 4.78 is 2.47. The molecule has 0 atom stereocenters. The maximum absolute atomic E-state index is 4.90. The average molecular weight is 295 g/mol. The van der Waals surface area contributed by atoms with Gasteiger partial charge in [0.05, 0.1) is 17.9 Å². The molecule has 3 aromatic rings. The van der Waals surface area contributed by atoms with Gasteiger partial charge in [0, 0.05) is 29.2 Å². The highest BCUT2D eigenvalue weighted by atomic mass is 32.1. The summed E-state index contributed by atoms with van der Waals surface area (Å²) in [6, 6.07) is 10.8. The molecule has 3 heterocycles. The van der Waals surface area contributed by atoms with E-state index >= 15 is 0 Å². The molecule has 0 spiro atoms. The highest BCUT2D eigenvalue weighted by molar-refractivity contribution is 7.17. The van der Waals surface area contributed by atoms with Crippen LogP contribution in [0, 0.1) is 0 Å². The van der Waals surface area contributed by atoms with E-state index in [2.05, 4.69) is 39.6 Å². The Morgan fingerprint density at radius 2 is 1.90 bits per heavy atom. The third kappa shape index (κ3) is 1.69. The summed E-state index contributed by atoms with van der Waals surface area (Å²) in [4.78, 5) is 10.2. The van der Waals surface area contributed by atoms with Crippen molar-refractivity contribution in [2.75, 3.05) is 11.4 Å². The summed E-state index contributed by atoms with van der Waals surface area (Å²) in [5.41, 5.74) is 5.62. The molecule has 1 aliphatic carbocycles. The number of thiazole rings is 1. The second-order valence-electron chi connectivity index (χ2n) is 5.96. The third-order valence-corrected chi connectivity index (χ3v) is 5.87. The van der Waals surface area contributed by atoms with E-state index in [1.54, 1.807) is 10.6 Å². The minimum atomic E-state index is 0.990. The van der Waals surface area contributed by atoms with Crippen molar-refractivity contribution in [3.8, 4) is 0 Å². The zero-order chi connectivity index (χ0) is 13.8. The van der Waals surface area contributed by atoms with Crippen molar-refractivity contribution in [1.29, 1.82) is 0 Å². The van der Waals surface area contributed by atoms with Crippen LogP contribution in [0.4, 0.5) is 5.69 Å². The molecule has 0 saturated heterocycles. The van der Waals surface area contributed by atoms with Crippen LogP contribution in [0.3, 0.4) is 0 Å². The van der Waals surface area contributed by atoms with Crippen molar-refractivity contribution in [2.45, 2.75) is 32.2 Å². The van der Waals surface area contributed by atoms with Gasteiger partial charge >= 0.3 is 0 Å². The predicted molar refractivity (Wildman–Crippen MR) is 86.3 cm³/mol. The summed E-state index contributed by atoms with van der Waals surface area (Å²) in [6.45, 7) is 2.06. The van der Waals surface area contributed by atoms with Crippen molar-refractivity contribution in [3.05, 3.63) is 52.3 Å². The molecular weight excluding hydrogens is 278 g/mol. The van der Waals surface area contributed by atoms with E-state index in [0.29, 0.717) is 0 Å². The fraction of sp³-hybridized carbons (Fsp3) is 0.353. The van der Waals surface area contributed by atoms with Gasteiger partial charge in [-0.15, -0.1) is 11.3 Å². The molecule has 3 nitrogen and oxygen atoms in total. The molecule has 0 fully saturated rings. The van der Waals surface area contributed by atoms with E-state index in [9.17, 15) is 0 Å². The molecule has 5 rings (SSSR count). The minimum Gasteiger partial charge on any atom is -0.365 e. The zero-order valence-corrected chi connectivity index (χ0v) is 12.7. The topological polar surface area (TPSA) is 20.5 Å². The van der Waals surface area contributed by atoms with Crippen LogP contribution >= 0.6 is 11.3 Å². The molecule has 4 heteroatoms. The molecule has 1 aliphatic heterocycles. The standard InChI is InChI=1S/C17H17N3S/c1-2-5-12(6-3-1)19-10-9-13-15(11-19)20-14-7-4-8-16(14)21-17(20)18-13/h1-3,5-6H,4,7-11H2. The van der Waals surface area contributed by atoms with E-state index in [4.69, 9.17) is 4.98 Å². The van der Waals surface area contributed by atoms with E-state index in [0.717, 1.165) is 19.5 Å². The number of hydrogen-bond donors (Lipinski definition) is 0. The number of para-hydroxylation sites is 1. The Balaban J connectivity index is 1.61. The highest BCUT2D eigenvalue weighted by Gasteiger charge is 2.27. The Kier molecular flexibility index (Phi) is 2.44. The zero-order valence-electron chi connectivity index (χ0n) is 11.9. The average Bonchev–Trinajstić information content (AvgIpc) is 3.17. The van der Waals surface area contributed by atoms with Gasteiger partial charge in [-0.1, -0.05) is 18.2 Å². The van der Waals surface area contributed by atoms with Gasteiger partial charge in [0.25, 0.3) is 0 Å². The van der Waals surface area contributed by atoms with Gasteiger partial charge in [-0.25, -0.2) is 4.98 Å². The van der Waals surface area contributed by atoms with E-state index in [1.165, 1.54) is 41.3 Å². The molecule has 0 radical (unpaired) electrons. The van der Waals surface area contributed by atoms with E-state index in [-0.39, 0.29) is 0 Å². The number of anilines is 1. The van der Waals surface area contributed by atoms with Crippen molar-refractivity contribution >= 4 is 22.0 Å². The summed E-state index contributed by atoms with van der Waals surface area (Å²) >= 11 is 1.91. The number of aromatic nitrogens is 2. The fourth-order valence-electron chi connectivity index (χ4n) is 3.70. The lowest BCUT2D eigenvalue weighted by Crippen LogP contribution is -2.31. The van der Waals surface area contributed by atoms with Crippen molar-refractivity contribution in [1.82, 2.24) is 9.38 Å². The van der Waals surface area contributed by atoms with Crippen LogP contribution in [-0.4, -0.2) is 15.9 Å². The quantitative estimate of drug-likeness (QED) is 0.685. The molecule has 0 unspecified atom stereocenters. The van der Waals surface area contributed by atoms with Gasteiger partial charge in [-0.2, -0.15) is 0 Å².